The minimum atomic E-state index is 0.504. The molecule has 0 radical (unpaired) electrons. The number of nitrogens with two attached hydrogens (primary N) is 1. The largest absolute Gasteiger partial charge is 0.325 e. The molecule has 0 atom stereocenters. The van der Waals surface area contributed by atoms with Gasteiger partial charge < -0.3 is 5.73 Å². The van der Waals surface area contributed by atoms with Crippen LogP contribution in [-0.2, 0) is 12.3 Å². The van der Waals surface area contributed by atoms with Crippen molar-refractivity contribution in [2.45, 2.75) is 17.2 Å². The summed E-state index contributed by atoms with van der Waals surface area (Å²) in [4.78, 5) is 5.46. The van der Waals surface area contributed by atoms with Crippen LogP contribution in [0, 0.1) is 0 Å². The summed E-state index contributed by atoms with van der Waals surface area (Å²) in [6.07, 6.45) is 1.82. The lowest BCUT2D eigenvalue weighted by Crippen LogP contribution is -1.99. The number of hydrogen-bond acceptors (Lipinski definition) is 3. The third kappa shape index (κ3) is 3.08. The van der Waals surface area contributed by atoms with Gasteiger partial charge in [-0.2, -0.15) is 0 Å². The summed E-state index contributed by atoms with van der Waals surface area (Å²) < 4.78 is 0. The molecule has 0 saturated carbocycles. The van der Waals surface area contributed by atoms with Crippen molar-refractivity contribution in [3.8, 4) is 0 Å². The second-order valence-electron chi connectivity index (χ2n) is 3.46. The van der Waals surface area contributed by atoms with Crippen LogP contribution in [0.1, 0.15) is 11.3 Å². The average Bonchev–Trinajstić information content (AvgIpc) is 2.38. The quantitative estimate of drug-likeness (QED) is 0.821. The van der Waals surface area contributed by atoms with Crippen molar-refractivity contribution in [2.24, 2.45) is 5.73 Å². The molecule has 0 fully saturated rings. The first-order chi connectivity index (χ1) is 7.88. The molecule has 0 aliphatic rings. The maximum Gasteiger partial charge on any atom is 0.0542 e. The molecule has 1 heterocycles. The van der Waals surface area contributed by atoms with Crippen LogP contribution in [0.4, 0.5) is 0 Å². The standard InChI is InChI=1S/C13H14N2S/c14-9-12-8-11(6-7-15-12)10-16-13-4-2-1-3-5-13/h1-8H,9-10,14H2. The number of aromatic nitrogens is 1. The minimum absolute atomic E-state index is 0.504. The molecule has 0 unspecified atom stereocenters. The van der Waals surface area contributed by atoms with Crippen LogP contribution >= 0.6 is 11.8 Å². The van der Waals surface area contributed by atoms with Gasteiger partial charge in [-0.25, -0.2) is 0 Å². The van der Waals surface area contributed by atoms with Crippen molar-refractivity contribution in [2.75, 3.05) is 0 Å². The van der Waals surface area contributed by atoms with Gasteiger partial charge in [0, 0.05) is 23.4 Å². The summed E-state index contributed by atoms with van der Waals surface area (Å²) in [5.74, 6) is 0.958. The van der Waals surface area contributed by atoms with Crippen molar-refractivity contribution < 1.29 is 0 Å². The molecular weight excluding hydrogens is 216 g/mol. The van der Waals surface area contributed by atoms with Gasteiger partial charge in [0.2, 0.25) is 0 Å². The summed E-state index contributed by atoms with van der Waals surface area (Å²) in [6.45, 7) is 0.504. The van der Waals surface area contributed by atoms with E-state index >= 15 is 0 Å². The molecule has 82 valence electrons. The maximum absolute atomic E-state index is 5.56. The number of rotatable bonds is 4. The zero-order valence-corrected chi connectivity index (χ0v) is 9.78. The highest BCUT2D eigenvalue weighted by Crippen LogP contribution is 2.22. The van der Waals surface area contributed by atoms with Crippen LogP contribution in [0.3, 0.4) is 0 Å². The number of pyridine rings is 1. The number of benzene rings is 1. The lowest BCUT2D eigenvalue weighted by Gasteiger charge is -2.03. The van der Waals surface area contributed by atoms with Gasteiger partial charge in [0.15, 0.2) is 0 Å². The first kappa shape index (κ1) is 11.2. The fourth-order valence-electron chi connectivity index (χ4n) is 1.41. The van der Waals surface area contributed by atoms with Crippen LogP contribution in [0.5, 0.6) is 0 Å². The van der Waals surface area contributed by atoms with E-state index in [1.165, 1.54) is 10.5 Å². The van der Waals surface area contributed by atoms with Gasteiger partial charge in [-0.1, -0.05) is 18.2 Å². The Morgan fingerprint density at radius 2 is 1.94 bits per heavy atom. The summed E-state index contributed by atoms with van der Waals surface area (Å²) in [6, 6.07) is 14.5. The zero-order valence-electron chi connectivity index (χ0n) is 8.97. The molecule has 2 nitrogen and oxygen atoms in total. The van der Waals surface area contributed by atoms with E-state index in [1.54, 1.807) is 0 Å². The lowest BCUT2D eigenvalue weighted by molar-refractivity contribution is 0.983. The monoisotopic (exact) mass is 230 g/mol. The molecule has 0 aliphatic carbocycles. The number of nitrogens with zero attached hydrogens (tertiary/aromatic N) is 1. The van der Waals surface area contributed by atoms with E-state index in [9.17, 15) is 0 Å². The van der Waals surface area contributed by atoms with Crippen molar-refractivity contribution in [1.29, 1.82) is 0 Å². The molecule has 1 aromatic heterocycles. The molecule has 3 heteroatoms. The molecule has 2 N–H and O–H groups in total. The van der Waals surface area contributed by atoms with Crippen LogP contribution < -0.4 is 5.73 Å². The van der Waals surface area contributed by atoms with E-state index in [1.807, 2.05) is 30.1 Å². The van der Waals surface area contributed by atoms with Crippen molar-refractivity contribution >= 4 is 11.8 Å². The molecular formula is C13H14N2S. The van der Waals surface area contributed by atoms with E-state index in [0.29, 0.717) is 6.54 Å². The highest BCUT2D eigenvalue weighted by molar-refractivity contribution is 7.98. The fraction of sp³-hybridized carbons (Fsp3) is 0.154. The maximum atomic E-state index is 5.56. The Hall–Kier alpha value is -1.32. The SMILES string of the molecule is NCc1cc(CSc2ccccc2)ccn1. The van der Waals surface area contributed by atoms with Crippen LogP contribution in [0.25, 0.3) is 0 Å². The Bertz CT molecular complexity index is 443. The second kappa shape index (κ2) is 5.68. The Labute approximate surface area is 99.9 Å². The van der Waals surface area contributed by atoms with Gasteiger partial charge in [-0.15, -0.1) is 11.8 Å². The van der Waals surface area contributed by atoms with Crippen molar-refractivity contribution in [3.05, 3.63) is 59.9 Å². The van der Waals surface area contributed by atoms with Crippen molar-refractivity contribution in [1.82, 2.24) is 4.98 Å². The third-order valence-corrected chi connectivity index (χ3v) is 3.32. The van der Waals surface area contributed by atoms with Crippen LogP contribution in [0.15, 0.2) is 53.6 Å². The molecule has 0 aliphatic heterocycles. The van der Waals surface area contributed by atoms with Gasteiger partial charge in [-0.05, 0) is 29.8 Å². The Balaban J connectivity index is 1.99. The molecule has 2 rings (SSSR count). The first-order valence-electron chi connectivity index (χ1n) is 5.20. The molecule has 0 saturated heterocycles. The fourth-order valence-corrected chi connectivity index (χ4v) is 2.28. The molecule has 0 amide bonds. The summed E-state index contributed by atoms with van der Waals surface area (Å²) in [5, 5.41) is 0. The molecule has 2 aromatic rings. The van der Waals surface area contributed by atoms with Crippen LogP contribution in [0.2, 0.25) is 0 Å². The van der Waals surface area contributed by atoms with E-state index in [2.05, 4.69) is 35.3 Å². The normalized spacial score (nSPS) is 10.3. The first-order valence-corrected chi connectivity index (χ1v) is 6.19. The van der Waals surface area contributed by atoms with Gasteiger partial charge in [-0.3, -0.25) is 4.98 Å². The minimum Gasteiger partial charge on any atom is -0.325 e. The molecule has 0 bridgehead atoms. The zero-order chi connectivity index (χ0) is 11.2. The smallest absolute Gasteiger partial charge is 0.0542 e. The third-order valence-electron chi connectivity index (χ3n) is 2.24. The Morgan fingerprint density at radius 1 is 1.12 bits per heavy atom. The second-order valence-corrected chi connectivity index (χ2v) is 4.51. The highest BCUT2D eigenvalue weighted by Gasteiger charge is 1.97. The predicted octanol–water partition coefficient (Wildman–Crippen LogP) is 2.83. The molecule has 1 aromatic carbocycles. The molecule has 16 heavy (non-hydrogen) atoms. The number of thioether (sulfide) groups is 1. The van der Waals surface area contributed by atoms with E-state index < -0.39 is 0 Å². The van der Waals surface area contributed by atoms with Gasteiger partial charge >= 0.3 is 0 Å². The Kier molecular flexibility index (Phi) is 3.97. The van der Waals surface area contributed by atoms with Crippen molar-refractivity contribution in [3.63, 3.8) is 0 Å². The van der Waals surface area contributed by atoms with E-state index in [0.717, 1.165) is 11.4 Å². The van der Waals surface area contributed by atoms with E-state index in [4.69, 9.17) is 5.73 Å². The summed E-state index contributed by atoms with van der Waals surface area (Å²) in [7, 11) is 0. The topological polar surface area (TPSA) is 38.9 Å². The van der Waals surface area contributed by atoms with Crippen LogP contribution in [-0.4, -0.2) is 4.98 Å². The average molecular weight is 230 g/mol. The van der Waals surface area contributed by atoms with E-state index in [-0.39, 0.29) is 0 Å². The predicted molar refractivity (Wildman–Crippen MR) is 68.1 cm³/mol. The Morgan fingerprint density at radius 3 is 2.69 bits per heavy atom. The number of hydrogen-bond donors (Lipinski definition) is 1. The van der Waals surface area contributed by atoms with Gasteiger partial charge in [0.05, 0.1) is 5.69 Å². The summed E-state index contributed by atoms with van der Waals surface area (Å²) >= 11 is 1.82. The lowest BCUT2D eigenvalue weighted by atomic mass is 10.2. The van der Waals surface area contributed by atoms with Gasteiger partial charge in [0.25, 0.3) is 0 Å². The van der Waals surface area contributed by atoms with Gasteiger partial charge in [0.1, 0.15) is 0 Å². The summed E-state index contributed by atoms with van der Waals surface area (Å²) in [5.41, 5.74) is 7.77. The molecule has 0 spiro atoms. The highest BCUT2D eigenvalue weighted by atomic mass is 32.2.